The molecule has 0 bridgehead atoms. The second-order valence-corrected chi connectivity index (χ2v) is 5.76. The fraction of sp³-hybridized carbons (Fsp3) is 0.312. The lowest BCUT2D eigenvalue weighted by Gasteiger charge is -2.12. The van der Waals surface area contributed by atoms with E-state index in [0.717, 1.165) is 18.5 Å². The van der Waals surface area contributed by atoms with Crippen LogP contribution in [0.2, 0.25) is 5.02 Å². The molecule has 1 aromatic heterocycles. The van der Waals surface area contributed by atoms with Gasteiger partial charge in [0.15, 0.2) is 0 Å². The largest absolute Gasteiger partial charge is 0.348 e. The molecule has 1 heterocycles. The number of amides is 1. The van der Waals surface area contributed by atoms with Gasteiger partial charge in [0.2, 0.25) is 0 Å². The van der Waals surface area contributed by atoms with Crippen LogP contribution in [-0.2, 0) is 0 Å². The summed E-state index contributed by atoms with van der Waals surface area (Å²) in [6, 6.07) is 9.27. The van der Waals surface area contributed by atoms with Gasteiger partial charge in [0.25, 0.3) is 5.91 Å². The Morgan fingerprint density at radius 1 is 1.18 bits per heavy atom. The van der Waals surface area contributed by atoms with Crippen LogP contribution in [0.1, 0.15) is 36.2 Å². The maximum atomic E-state index is 12.2. The third-order valence-electron chi connectivity index (χ3n) is 3.73. The highest BCUT2D eigenvalue weighted by Gasteiger charge is 2.19. The molecule has 1 aliphatic carbocycles. The summed E-state index contributed by atoms with van der Waals surface area (Å²) in [6.07, 6.45) is 5.81. The summed E-state index contributed by atoms with van der Waals surface area (Å²) in [7, 11) is 0. The molecule has 6 heteroatoms. The summed E-state index contributed by atoms with van der Waals surface area (Å²) in [4.78, 5) is 20.4. The Kier molecular flexibility index (Phi) is 4.53. The molecule has 1 aromatic carbocycles. The Balaban J connectivity index is 1.72. The number of nitrogens with one attached hydrogen (secondary N) is 2. The Bertz CT molecular complexity index is 671. The van der Waals surface area contributed by atoms with Crippen molar-refractivity contribution in [2.24, 2.45) is 0 Å². The van der Waals surface area contributed by atoms with Crippen LogP contribution in [0.15, 0.2) is 36.7 Å². The molecule has 1 fully saturated rings. The number of para-hydroxylation sites is 1. The van der Waals surface area contributed by atoms with Crippen LogP contribution in [-0.4, -0.2) is 21.9 Å². The van der Waals surface area contributed by atoms with Crippen LogP contribution >= 0.6 is 11.6 Å². The van der Waals surface area contributed by atoms with Crippen molar-refractivity contribution in [2.45, 2.75) is 31.7 Å². The highest BCUT2D eigenvalue weighted by molar-refractivity contribution is 6.33. The standard InChI is InChI=1S/C16H17ClN4O/c17-12-7-3-4-8-13(12)21-15-9-14(18-10-19-15)16(22)20-11-5-1-2-6-11/h3-4,7-11H,1-2,5-6H2,(H,20,22)(H,18,19,21). The van der Waals surface area contributed by atoms with Crippen LogP contribution in [0.5, 0.6) is 0 Å². The molecule has 0 saturated heterocycles. The van der Waals surface area contributed by atoms with E-state index in [4.69, 9.17) is 11.6 Å². The van der Waals surface area contributed by atoms with Gasteiger partial charge in [-0.3, -0.25) is 4.79 Å². The zero-order valence-corrected chi connectivity index (χ0v) is 12.8. The predicted molar refractivity (Wildman–Crippen MR) is 86.5 cm³/mol. The van der Waals surface area contributed by atoms with Crippen molar-refractivity contribution in [3.8, 4) is 0 Å². The average molecular weight is 317 g/mol. The molecule has 0 radical (unpaired) electrons. The lowest BCUT2D eigenvalue weighted by molar-refractivity contribution is 0.0932. The SMILES string of the molecule is O=C(NC1CCCC1)c1cc(Nc2ccccc2Cl)ncn1. The summed E-state index contributed by atoms with van der Waals surface area (Å²) >= 11 is 6.10. The lowest BCUT2D eigenvalue weighted by Crippen LogP contribution is -2.33. The number of benzene rings is 1. The van der Waals surface area contributed by atoms with E-state index in [2.05, 4.69) is 20.6 Å². The summed E-state index contributed by atoms with van der Waals surface area (Å²) in [5, 5.41) is 6.71. The molecule has 5 nitrogen and oxygen atoms in total. The smallest absolute Gasteiger partial charge is 0.270 e. The summed E-state index contributed by atoms with van der Waals surface area (Å²) in [6.45, 7) is 0. The van der Waals surface area contributed by atoms with Crippen molar-refractivity contribution in [1.29, 1.82) is 0 Å². The fourth-order valence-corrected chi connectivity index (χ4v) is 2.76. The van der Waals surface area contributed by atoms with E-state index in [1.54, 1.807) is 12.1 Å². The quantitative estimate of drug-likeness (QED) is 0.905. The topological polar surface area (TPSA) is 66.9 Å². The second-order valence-electron chi connectivity index (χ2n) is 5.35. The molecule has 0 spiro atoms. The lowest BCUT2D eigenvalue weighted by atomic mass is 10.2. The first-order valence-corrected chi connectivity index (χ1v) is 7.74. The van der Waals surface area contributed by atoms with Crippen molar-refractivity contribution in [2.75, 3.05) is 5.32 Å². The first kappa shape index (κ1) is 14.8. The van der Waals surface area contributed by atoms with Crippen LogP contribution in [0.25, 0.3) is 0 Å². The van der Waals surface area contributed by atoms with E-state index in [9.17, 15) is 4.79 Å². The van der Waals surface area contributed by atoms with Gasteiger partial charge < -0.3 is 10.6 Å². The number of halogens is 1. The van der Waals surface area contributed by atoms with Gasteiger partial charge >= 0.3 is 0 Å². The van der Waals surface area contributed by atoms with Crippen LogP contribution < -0.4 is 10.6 Å². The van der Waals surface area contributed by atoms with E-state index < -0.39 is 0 Å². The van der Waals surface area contributed by atoms with Gasteiger partial charge in [-0.2, -0.15) is 0 Å². The van der Waals surface area contributed by atoms with Crippen LogP contribution in [0.3, 0.4) is 0 Å². The third kappa shape index (κ3) is 3.54. The minimum atomic E-state index is -0.156. The zero-order valence-electron chi connectivity index (χ0n) is 12.1. The summed E-state index contributed by atoms with van der Waals surface area (Å²) < 4.78 is 0. The van der Waals surface area contributed by atoms with E-state index in [0.29, 0.717) is 16.5 Å². The van der Waals surface area contributed by atoms with E-state index in [-0.39, 0.29) is 11.9 Å². The Morgan fingerprint density at radius 2 is 1.95 bits per heavy atom. The highest BCUT2D eigenvalue weighted by Crippen LogP contribution is 2.24. The van der Waals surface area contributed by atoms with Crippen molar-refractivity contribution in [3.63, 3.8) is 0 Å². The van der Waals surface area contributed by atoms with Gasteiger partial charge in [-0.15, -0.1) is 0 Å². The minimum absolute atomic E-state index is 0.156. The first-order valence-electron chi connectivity index (χ1n) is 7.37. The van der Waals surface area contributed by atoms with Crippen molar-refractivity contribution < 1.29 is 4.79 Å². The maximum Gasteiger partial charge on any atom is 0.270 e. The van der Waals surface area contributed by atoms with Crippen LogP contribution in [0.4, 0.5) is 11.5 Å². The molecule has 0 atom stereocenters. The van der Waals surface area contributed by atoms with E-state index >= 15 is 0 Å². The highest BCUT2D eigenvalue weighted by atomic mass is 35.5. The van der Waals surface area contributed by atoms with E-state index in [1.165, 1.54) is 19.2 Å². The number of rotatable bonds is 4. The average Bonchev–Trinajstić information content (AvgIpc) is 3.03. The molecule has 1 aliphatic rings. The number of hydrogen-bond acceptors (Lipinski definition) is 4. The normalized spacial score (nSPS) is 14.8. The van der Waals surface area contributed by atoms with Gasteiger partial charge in [-0.05, 0) is 25.0 Å². The Hall–Kier alpha value is -2.14. The molecule has 22 heavy (non-hydrogen) atoms. The maximum absolute atomic E-state index is 12.2. The number of aromatic nitrogens is 2. The zero-order chi connectivity index (χ0) is 15.4. The number of anilines is 2. The predicted octanol–water partition coefficient (Wildman–Crippen LogP) is 3.55. The molecule has 114 valence electrons. The number of hydrogen-bond donors (Lipinski definition) is 2. The van der Waals surface area contributed by atoms with Crippen molar-refractivity contribution in [3.05, 3.63) is 47.4 Å². The fourth-order valence-electron chi connectivity index (χ4n) is 2.58. The molecule has 3 rings (SSSR count). The van der Waals surface area contributed by atoms with Crippen LogP contribution in [0, 0.1) is 0 Å². The first-order chi connectivity index (χ1) is 10.7. The molecule has 2 N–H and O–H groups in total. The second kappa shape index (κ2) is 6.75. The molecular weight excluding hydrogens is 300 g/mol. The summed E-state index contributed by atoms with van der Waals surface area (Å²) in [5.74, 6) is 0.385. The number of nitrogens with zero attached hydrogens (tertiary/aromatic N) is 2. The van der Waals surface area contributed by atoms with Gasteiger partial charge in [0.1, 0.15) is 17.8 Å². The van der Waals surface area contributed by atoms with E-state index in [1.807, 2.05) is 18.2 Å². The Morgan fingerprint density at radius 3 is 2.73 bits per heavy atom. The monoisotopic (exact) mass is 316 g/mol. The van der Waals surface area contributed by atoms with Gasteiger partial charge in [-0.25, -0.2) is 9.97 Å². The number of carbonyl (C=O) groups excluding carboxylic acids is 1. The van der Waals surface area contributed by atoms with Gasteiger partial charge in [-0.1, -0.05) is 36.6 Å². The molecule has 2 aromatic rings. The molecule has 0 unspecified atom stereocenters. The van der Waals surface area contributed by atoms with Crippen molar-refractivity contribution >= 4 is 29.0 Å². The minimum Gasteiger partial charge on any atom is -0.348 e. The van der Waals surface area contributed by atoms with Gasteiger partial charge in [0.05, 0.1) is 10.7 Å². The summed E-state index contributed by atoms with van der Waals surface area (Å²) in [5.41, 5.74) is 1.10. The molecule has 1 amide bonds. The Labute approximate surface area is 134 Å². The molecule has 1 saturated carbocycles. The van der Waals surface area contributed by atoms with Gasteiger partial charge in [0, 0.05) is 12.1 Å². The molecular formula is C16H17ClN4O. The van der Waals surface area contributed by atoms with Crippen molar-refractivity contribution in [1.82, 2.24) is 15.3 Å². The third-order valence-corrected chi connectivity index (χ3v) is 4.06. The molecule has 0 aliphatic heterocycles. The number of carbonyl (C=O) groups is 1.